The number of carbonyl (C=O) groups excluding carboxylic acids is 1. The quantitative estimate of drug-likeness (QED) is 0.317. The smallest absolute Gasteiger partial charge is 0.223 e. The van der Waals surface area contributed by atoms with Crippen LogP contribution in [-0.4, -0.2) is 62.6 Å². The fourth-order valence-electron chi connectivity index (χ4n) is 2.05. The zero-order valence-electron chi connectivity index (χ0n) is 14.6. The maximum Gasteiger partial charge on any atom is 0.223 e. The summed E-state index contributed by atoms with van der Waals surface area (Å²) >= 11 is 0. The second kappa shape index (κ2) is 10.4. The number of rotatable bonds is 10. The topological polar surface area (TPSA) is 68.8 Å². The zero-order valence-corrected chi connectivity index (χ0v) is 14.6. The van der Waals surface area contributed by atoms with Crippen LogP contribution in [0.25, 0.3) is 0 Å². The van der Waals surface area contributed by atoms with Crippen molar-refractivity contribution in [2.75, 3.05) is 39.8 Å². The molecule has 0 aliphatic heterocycles. The Balaban J connectivity index is 2.21. The summed E-state index contributed by atoms with van der Waals surface area (Å²) in [5.74, 6) is 1.29. The first-order valence-electron chi connectivity index (χ1n) is 8.58. The molecule has 1 unspecified atom stereocenters. The van der Waals surface area contributed by atoms with Gasteiger partial charge >= 0.3 is 0 Å². The normalized spacial score (nSPS) is 16.5. The summed E-state index contributed by atoms with van der Waals surface area (Å²) in [6.45, 7) is 10.4. The molecule has 1 saturated carbocycles. The third-order valence-corrected chi connectivity index (χ3v) is 4.07. The van der Waals surface area contributed by atoms with E-state index in [2.05, 4.69) is 53.7 Å². The summed E-state index contributed by atoms with van der Waals surface area (Å²) in [6.07, 6.45) is 3.25. The largest absolute Gasteiger partial charge is 0.357 e. The van der Waals surface area contributed by atoms with Gasteiger partial charge in [0, 0.05) is 38.1 Å². The molecule has 22 heavy (non-hydrogen) atoms. The van der Waals surface area contributed by atoms with Crippen molar-refractivity contribution < 1.29 is 4.79 Å². The molecule has 1 rings (SSSR count). The summed E-state index contributed by atoms with van der Waals surface area (Å²) in [7, 11) is 2.14. The molecule has 0 aromatic carbocycles. The molecule has 0 radical (unpaired) electrons. The second-order valence-electron chi connectivity index (χ2n) is 5.99. The first kappa shape index (κ1) is 18.7. The molecule has 0 spiro atoms. The standard InChI is InChI=1S/C16H33N5O/c1-5-13(3)21(4)12-11-20-16(17-6-2)19-10-9-18-15(22)14-7-8-14/h13-14H,5-12H2,1-4H3,(H,18,22)(H2,17,19,20). The molecule has 0 bridgehead atoms. The van der Waals surface area contributed by atoms with Crippen LogP contribution >= 0.6 is 0 Å². The maximum atomic E-state index is 11.5. The number of aliphatic imine (C=N–C) groups is 1. The van der Waals surface area contributed by atoms with Crippen LogP contribution in [0.4, 0.5) is 0 Å². The van der Waals surface area contributed by atoms with Gasteiger partial charge < -0.3 is 20.9 Å². The summed E-state index contributed by atoms with van der Waals surface area (Å²) in [5.41, 5.74) is 0. The van der Waals surface area contributed by atoms with E-state index in [-0.39, 0.29) is 11.8 Å². The minimum Gasteiger partial charge on any atom is -0.357 e. The fraction of sp³-hybridized carbons (Fsp3) is 0.875. The number of carbonyl (C=O) groups is 1. The molecule has 1 fully saturated rings. The van der Waals surface area contributed by atoms with Crippen LogP contribution in [0.2, 0.25) is 0 Å². The lowest BCUT2D eigenvalue weighted by molar-refractivity contribution is -0.122. The van der Waals surface area contributed by atoms with Gasteiger partial charge in [-0.25, -0.2) is 0 Å². The van der Waals surface area contributed by atoms with Crippen LogP contribution in [0.15, 0.2) is 4.99 Å². The molecule has 0 aromatic rings. The van der Waals surface area contributed by atoms with Crippen molar-refractivity contribution in [3.05, 3.63) is 0 Å². The minimum atomic E-state index is 0.193. The van der Waals surface area contributed by atoms with E-state index in [1.54, 1.807) is 0 Å². The number of nitrogens with one attached hydrogen (secondary N) is 3. The Kier molecular flexibility index (Phi) is 8.89. The number of guanidine groups is 1. The van der Waals surface area contributed by atoms with Gasteiger partial charge in [0.25, 0.3) is 0 Å². The Morgan fingerprint density at radius 3 is 2.50 bits per heavy atom. The van der Waals surface area contributed by atoms with E-state index in [4.69, 9.17) is 0 Å². The third kappa shape index (κ3) is 7.64. The Morgan fingerprint density at radius 1 is 1.23 bits per heavy atom. The van der Waals surface area contributed by atoms with Crippen molar-refractivity contribution >= 4 is 11.9 Å². The number of hydrogen-bond acceptors (Lipinski definition) is 3. The molecule has 1 aliphatic carbocycles. The highest BCUT2D eigenvalue weighted by Gasteiger charge is 2.28. The van der Waals surface area contributed by atoms with Crippen molar-refractivity contribution in [2.45, 2.75) is 46.1 Å². The van der Waals surface area contributed by atoms with Crippen molar-refractivity contribution in [3.8, 4) is 0 Å². The van der Waals surface area contributed by atoms with E-state index in [0.29, 0.717) is 19.1 Å². The number of hydrogen-bond donors (Lipinski definition) is 3. The van der Waals surface area contributed by atoms with Crippen LogP contribution in [0, 0.1) is 5.92 Å². The van der Waals surface area contributed by atoms with Crippen molar-refractivity contribution in [1.29, 1.82) is 0 Å². The van der Waals surface area contributed by atoms with Gasteiger partial charge in [-0.15, -0.1) is 0 Å². The molecule has 6 nitrogen and oxygen atoms in total. The van der Waals surface area contributed by atoms with Gasteiger partial charge in [0.15, 0.2) is 5.96 Å². The first-order chi connectivity index (χ1) is 10.6. The molecule has 0 heterocycles. The minimum absolute atomic E-state index is 0.193. The monoisotopic (exact) mass is 311 g/mol. The highest BCUT2D eigenvalue weighted by atomic mass is 16.2. The van der Waals surface area contributed by atoms with E-state index in [9.17, 15) is 4.79 Å². The molecule has 0 saturated heterocycles. The lowest BCUT2D eigenvalue weighted by Crippen LogP contribution is -2.42. The molecule has 128 valence electrons. The average molecular weight is 311 g/mol. The van der Waals surface area contributed by atoms with Crippen LogP contribution in [-0.2, 0) is 4.79 Å². The van der Waals surface area contributed by atoms with Crippen molar-refractivity contribution in [2.24, 2.45) is 10.9 Å². The van der Waals surface area contributed by atoms with Gasteiger partial charge in [0.05, 0.1) is 6.54 Å². The Labute approximate surface area is 135 Å². The molecule has 1 amide bonds. The van der Waals surface area contributed by atoms with E-state index in [0.717, 1.165) is 44.9 Å². The summed E-state index contributed by atoms with van der Waals surface area (Å²) < 4.78 is 0. The van der Waals surface area contributed by atoms with Gasteiger partial charge in [-0.3, -0.25) is 9.79 Å². The predicted molar refractivity (Wildman–Crippen MR) is 92.1 cm³/mol. The maximum absolute atomic E-state index is 11.5. The highest BCUT2D eigenvalue weighted by Crippen LogP contribution is 2.28. The molecule has 1 atom stereocenters. The van der Waals surface area contributed by atoms with Crippen LogP contribution in [0.1, 0.15) is 40.0 Å². The van der Waals surface area contributed by atoms with Gasteiger partial charge in [0.1, 0.15) is 0 Å². The van der Waals surface area contributed by atoms with E-state index in [1.165, 1.54) is 0 Å². The van der Waals surface area contributed by atoms with E-state index >= 15 is 0 Å². The summed E-state index contributed by atoms with van der Waals surface area (Å²) in [6, 6.07) is 0.586. The predicted octanol–water partition coefficient (Wildman–Crippen LogP) is 0.798. The van der Waals surface area contributed by atoms with Gasteiger partial charge in [-0.05, 0) is 40.2 Å². The fourth-order valence-corrected chi connectivity index (χ4v) is 2.05. The highest BCUT2D eigenvalue weighted by molar-refractivity contribution is 5.81. The summed E-state index contributed by atoms with van der Waals surface area (Å²) in [5, 5.41) is 9.43. The lowest BCUT2D eigenvalue weighted by Gasteiger charge is -2.22. The van der Waals surface area contributed by atoms with Crippen molar-refractivity contribution in [3.63, 3.8) is 0 Å². The molecular formula is C16H33N5O. The Hall–Kier alpha value is -1.30. The van der Waals surface area contributed by atoms with E-state index < -0.39 is 0 Å². The Bertz CT molecular complexity index is 354. The average Bonchev–Trinajstić information content (AvgIpc) is 3.34. The van der Waals surface area contributed by atoms with E-state index in [1.807, 2.05) is 0 Å². The van der Waals surface area contributed by atoms with Crippen molar-refractivity contribution in [1.82, 2.24) is 20.9 Å². The molecular weight excluding hydrogens is 278 g/mol. The molecule has 3 N–H and O–H groups in total. The number of amides is 1. The second-order valence-corrected chi connectivity index (χ2v) is 5.99. The van der Waals surface area contributed by atoms with Crippen LogP contribution < -0.4 is 16.0 Å². The lowest BCUT2D eigenvalue weighted by atomic mass is 10.2. The molecule has 0 aromatic heterocycles. The number of nitrogens with zero attached hydrogens (tertiary/aromatic N) is 2. The van der Waals surface area contributed by atoms with Gasteiger partial charge in [-0.1, -0.05) is 6.92 Å². The molecule has 1 aliphatic rings. The molecule has 6 heteroatoms. The summed E-state index contributed by atoms with van der Waals surface area (Å²) in [4.78, 5) is 18.4. The number of likely N-dealkylation sites (N-methyl/N-ethyl adjacent to an activating group) is 1. The van der Waals surface area contributed by atoms with Gasteiger partial charge in [-0.2, -0.15) is 0 Å². The SMILES string of the molecule is CCNC(=NCCN(C)C(C)CC)NCCNC(=O)C1CC1. The van der Waals surface area contributed by atoms with Gasteiger partial charge in [0.2, 0.25) is 5.91 Å². The van der Waals surface area contributed by atoms with Crippen LogP contribution in [0.5, 0.6) is 0 Å². The first-order valence-corrected chi connectivity index (χ1v) is 8.58. The Morgan fingerprint density at radius 2 is 1.91 bits per heavy atom. The zero-order chi connectivity index (χ0) is 16.4. The third-order valence-electron chi connectivity index (χ3n) is 4.07. The van der Waals surface area contributed by atoms with Crippen LogP contribution in [0.3, 0.4) is 0 Å².